The lowest BCUT2D eigenvalue weighted by Gasteiger charge is -2.28. The maximum absolute atomic E-state index is 13.6. The molecule has 192 valence electrons. The lowest BCUT2D eigenvalue weighted by Crippen LogP contribution is -2.50. The highest BCUT2D eigenvalue weighted by molar-refractivity contribution is 6.31. The van der Waals surface area contributed by atoms with Gasteiger partial charge in [-0.15, -0.1) is 0 Å². The zero-order chi connectivity index (χ0) is 26.1. The van der Waals surface area contributed by atoms with Gasteiger partial charge in [-0.05, 0) is 23.1 Å². The molecule has 2 aromatic carbocycles. The Bertz CT molecular complexity index is 1200. The summed E-state index contributed by atoms with van der Waals surface area (Å²) in [6.45, 7) is -1.03. The molecule has 3 N–H and O–H groups in total. The zero-order valence-electron chi connectivity index (χ0n) is 19.3. The molecule has 0 aliphatic carbocycles. The maximum Gasteiger partial charge on any atom is 0.412 e. The van der Waals surface area contributed by atoms with E-state index in [1.54, 1.807) is 18.3 Å². The summed E-state index contributed by atoms with van der Waals surface area (Å²) in [6.07, 6.45) is -1.81. The molecule has 3 rings (SSSR count). The monoisotopic (exact) mass is 523 g/mol. The van der Waals surface area contributed by atoms with Crippen LogP contribution in [0.25, 0.3) is 10.8 Å². The van der Waals surface area contributed by atoms with Crippen molar-refractivity contribution >= 4 is 40.3 Å². The number of rotatable bonds is 10. The third kappa shape index (κ3) is 7.72. The summed E-state index contributed by atoms with van der Waals surface area (Å²) < 4.78 is 44.0. The van der Waals surface area contributed by atoms with Crippen LogP contribution in [0, 0.1) is 5.82 Å². The van der Waals surface area contributed by atoms with Crippen LogP contribution < -0.4 is 16.0 Å². The van der Waals surface area contributed by atoms with Gasteiger partial charge in [-0.25, -0.2) is 27.7 Å². The van der Waals surface area contributed by atoms with E-state index in [1.165, 1.54) is 24.1 Å². The van der Waals surface area contributed by atoms with Crippen LogP contribution in [0.4, 0.5) is 28.6 Å². The van der Waals surface area contributed by atoms with Crippen molar-refractivity contribution in [1.29, 1.82) is 0 Å². The smallest absolute Gasteiger partial charge is 0.412 e. The molecule has 0 spiro atoms. The minimum absolute atomic E-state index is 0.0636. The van der Waals surface area contributed by atoms with Crippen molar-refractivity contribution in [2.75, 3.05) is 32.1 Å². The van der Waals surface area contributed by atoms with E-state index in [9.17, 15) is 22.8 Å². The van der Waals surface area contributed by atoms with Crippen LogP contribution >= 0.6 is 11.6 Å². The second-order valence-electron chi connectivity index (χ2n) is 7.83. The van der Waals surface area contributed by atoms with Gasteiger partial charge in [0.25, 0.3) is 6.43 Å². The number of carbonyl (C=O) groups is 2. The average Bonchev–Trinajstić information content (AvgIpc) is 2.86. The summed E-state index contributed by atoms with van der Waals surface area (Å²) in [5, 5.41) is 9.28. The summed E-state index contributed by atoms with van der Waals surface area (Å²) in [5.41, 5.74) is 0.365. The molecule has 36 heavy (non-hydrogen) atoms. The molecule has 0 bridgehead atoms. The number of pyridine rings is 1. The number of hydrogen-bond acceptors (Lipinski definition) is 5. The predicted molar refractivity (Wildman–Crippen MR) is 131 cm³/mol. The SMILES string of the molecule is CN(C(=O)NCc1cccc(F)c1Cl)[C@H](CNCC(F)F)COC(=O)Nc1cc2ccccc2cn1. The fourth-order valence-corrected chi connectivity index (χ4v) is 3.47. The predicted octanol–water partition coefficient (Wildman–Crippen LogP) is 4.64. The van der Waals surface area contributed by atoms with Crippen molar-refractivity contribution in [3.8, 4) is 0 Å². The number of nitrogens with one attached hydrogen (secondary N) is 3. The molecule has 8 nitrogen and oxygen atoms in total. The summed E-state index contributed by atoms with van der Waals surface area (Å²) in [5.74, 6) is -0.352. The Kier molecular flexibility index (Phi) is 9.71. The molecular weight excluding hydrogens is 499 g/mol. The molecule has 0 aliphatic heterocycles. The number of benzene rings is 2. The number of amides is 3. The van der Waals surface area contributed by atoms with E-state index in [4.69, 9.17) is 16.3 Å². The highest BCUT2D eigenvalue weighted by Crippen LogP contribution is 2.19. The fourth-order valence-electron chi connectivity index (χ4n) is 3.28. The minimum Gasteiger partial charge on any atom is -0.447 e. The molecular formula is C24H25ClF3N5O3. The fraction of sp³-hybridized carbons (Fsp3) is 0.292. The van der Waals surface area contributed by atoms with Crippen LogP contribution in [-0.4, -0.2) is 61.2 Å². The van der Waals surface area contributed by atoms with Crippen molar-refractivity contribution in [1.82, 2.24) is 20.5 Å². The average molecular weight is 524 g/mol. The van der Waals surface area contributed by atoms with E-state index < -0.39 is 37.0 Å². The van der Waals surface area contributed by atoms with Crippen LogP contribution in [0.2, 0.25) is 5.02 Å². The Hall–Kier alpha value is -3.57. The van der Waals surface area contributed by atoms with Gasteiger partial charge in [0.2, 0.25) is 0 Å². The number of ether oxygens (including phenoxy) is 1. The second-order valence-corrected chi connectivity index (χ2v) is 8.20. The molecule has 3 aromatic rings. The second kappa shape index (κ2) is 12.9. The topological polar surface area (TPSA) is 95.6 Å². The summed E-state index contributed by atoms with van der Waals surface area (Å²) in [6, 6.07) is 12.0. The number of anilines is 1. The van der Waals surface area contributed by atoms with Gasteiger partial charge in [0, 0.05) is 31.7 Å². The Morgan fingerprint density at radius 2 is 1.86 bits per heavy atom. The van der Waals surface area contributed by atoms with Gasteiger partial charge < -0.3 is 20.3 Å². The Labute approximate surface area is 210 Å². The van der Waals surface area contributed by atoms with Gasteiger partial charge in [0.15, 0.2) is 0 Å². The molecule has 0 aliphatic rings. The largest absolute Gasteiger partial charge is 0.447 e. The van der Waals surface area contributed by atoms with Gasteiger partial charge in [-0.3, -0.25) is 5.32 Å². The summed E-state index contributed by atoms with van der Waals surface area (Å²) >= 11 is 5.91. The van der Waals surface area contributed by atoms with E-state index in [1.807, 2.05) is 24.3 Å². The number of urea groups is 1. The van der Waals surface area contributed by atoms with E-state index in [-0.39, 0.29) is 30.5 Å². The molecule has 0 saturated heterocycles. The van der Waals surface area contributed by atoms with Crippen LogP contribution in [0.15, 0.2) is 54.7 Å². The Balaban J connectivity index is 1.58. The van der Waals surface area contributed by atoms with Gasteiger partial charge in [-0.2, -0.15) is 0 Å². The molecule has 12 heteroatoms. The Morgan fingerprint density at radius 1 is 1.11 bits per heavy atom. The third-order valence-electron chi connectivity index (χ3n) is 5.28. The van der Waals surface area contributed by atoms with Crippen molar-refractivity contribution < 1.29 is 27.5 Å². The lowest BCUT2D eigenvalue weighted by molar-refractivity contribution is 0.109. The lowest BCUT2D eigenvalue weighted by atomic mass is 10.2. The first-order chi connectivity index (χ1) is 17.2. The highest BCUT2D eigenvalue weighted by atomic mass is 35.5. The molecule has 0 radical (unpaired) electrons. The van der Waals surface area contributed by atoms with Crippen molar-refractivity contribution in [3.05, 3.63) is 71.1 Å². The number of aromatic nitrogens is 1. The number of fused-ring (bicyclic) bond motifs is 1. The highest BCUT2D eigenvalue weighted by Gasteiger charge is 2.22. The normalized spacial score (nSPS) is 11.8. The maximum atomic E-state index is 13.6. The number of halogens is 4. The molecule has 0 unspecified atom stereocenters. The zero-order valence-corrected chi connectivity index (χ0v) is 20.1. The van der Waals surface area contributed by atoms with Crippen LogP contribution in [0.3, 0.4) is 0 Å². The molecule has 1 atom stereocenters. The molecule has 0 saturated carbocycles. The summed E-state index contributed by atoms with van der Waals surface area (Å²) in [4.78, 5) is 30.3. The first-order valence-electron chi connectivity index (χ1n) is 11.0. The quantitative estimate of drug-likeness (QED) is 0.360. The summed E-state index contributed by atoms with van der Waals surface area (Å²) in [7, 11) is 1.42. The van der Waals surface area contributed by atoms with Crippen LogP contribution in [-0.2, 0) is 11.3 Å². The Morgan fingerprint density at radius 3 is 2.61 bits per heavy atom. The molecule has 3 amide bonds. The number of alkyl halides is 2. The van der Waals surface area contributed by atoms with Gasteiger partial charge in [0.1, 0.15) is 18.2 Å². The minimum atomic E-state index is -2.59. The van der Waals surface area contributed by atoms with Crippen LogP contribution in [0.1, 0.15) is 5.56 Å². The van der Waals surface area contributed by atoms with Gasteiger partial charge >= 0.3 is 12.1 Å². The van der Waals surface area contributed by atoms with Crippen molar-refractivity contribution in [2.24, 2.45) is 0 Å². The van der Waals surface area contributed by atoms with E-state index in [0.717, 1.165) is 10.8 Å². The number of carbonyl (C=O) groups excluding carboxylic acids is 2. The molecule has 1 aromatic heterocycles. The van der Waals surface area contributed by atoms with Crippen molar-refractivity contribution in [3.63, 3.8) is 0 Å². The third-order valence-corrected chi connectivity index (χ3v) is 5.70. The van der Waals surface area contributed by atoms with Gasteiger partial charge in [-0.1, -0.05) is 48.0 Å². The number of nitrogens with zero attached hydrogens (tertiary/aromatic N) is 2. The molecule has 1 heterocycles. The van der Waals surface area contributed by atoms with E-state index in [2.05, 4.69) is 20.9 Å². The van der Waals surface area contributed by atoms with Crippen LogP contribution in [0.5, 0.6) is 0 Å². The number of likely N-dealkylation sites (N-methyl/N-ethyl adjacent to an activating group) is 1. The van der Waals surface area contributed by atoms with E-state index >= 15 is 0 Å². The first kappa shape index (κ1) is 27.0. The van der Waals surface area contributed by atoms with E-state index in [0.29, 0.717) is 5.56 Å². The standard InChI is InChI=1S/C24H25ClF3N5O3/c1-33(23(34)31-11-17-7-4-8-19(26)22(17)25)18(12-29-13-20(27)28)14-36-24(35)32-21-9-15-5-2-3-6-16(15)10-30-21/h2-10,18,20,29H,11-14H2,1H3,(H,31,34)(H,30,32,35)/t18-/m1/s1. The first-order valence-corrected chi connectivity index (χ1v) is 11.3. The molecule has 0 fully saturated rings. The number of hydrogen-bond donors (Lipinski definition) is 3. The van der Waals surface area contributed by atoms with Crippen molar-refractivity contribution in [2.45, 2.75) is 19.0 Å². The van der Waals surface area contributed by atoms with Gasteiger partial charge in [0.05, 0.1) is 17.6 Å².